The number of aromatic nitrogens is 3. The van der Waals surface area contributed by atoms with Gasteiger partial charge in [-0.15, -0.1) is 10.2 Å². The molecule has 1 amide bonds. The summed E-state index contributed by atoms with van der Waals surface area (Å²) in [6, 6.07) is -0.0385. The Balaban J connectivity index is 2.07. The molecule has 6 heteroatoms. The molecule has 3 N–H and O–H groups in total. The lowest BCUT2D eigenvalue weighted by Gasteiger charge is -2.10. The zero-order valence-electron chi connectivity index (χ0n) is 11.3. The Hall–Kier alpha value is -1.82. The van der Waals surface area contributed by atoms with Crippen molar-refractivity contribution in [3.63, 3.8) is 0 Å². The molecule has 2 unspecified atom stereocenters. The van der Waals surface area contributed by atoms with E-state index in [2.05, 4.69) is 20.5 Å². The Morgan fingerprint density at radius 2 is 2.05 bits per heavy atom. The monoisotopic (exact) mass is 261 g/mol. The number of nitrogens with zero attached hydrogens (tertiary/aromatic N) is 3. The molecule has 1 aliphatic carbocycles. The van der Waals surface area contributed by atoms with Crippen LogP contribution in [0.15, 0.2) is 12.2 Å². The van der Waals surface area contributed by atoms with Crippen LogP contribution in [-0.2, 0) is 17.6 Å². The molecule has 0 bridgehead atoms. The molecule has 0 radical (unpaired) electrons. The fraction of sp³-hybridized carbons (Fsp3) is 0.538. The highest BCUT2D eigenvalue weighted by Gasteiger charge is 2.23. The fourth-order valence-electron chi connectivity index (χ4n) is 2.12. The van der Waals surface area contributed by atoms with Crippen LogP contribution in [-0.4, -0.2) is 27.1 Å². The third kappa shape index (κ3) is 3.14. The molecule has 0 aromatic carbocycles. The first-order valence-corrected chi connectivity index (χ1v) is 6.61. The average molecular weight is 261 g/mol. The molecule has 102 valence electrons. The van der Waals surface area contributed by atoms with Crippen LogP contribution in [0.4, 0.5) is 5.95 Å². The van der Waals surface area contributed by atoms with Crippen molar-refractivity contribution >= 4 is 11.9 Å². The van der Waals surface area contributed by atoms with E-state index < -0.39 is 0 Å². The van der Waals surface area contributed by atoms with E-state index in [9.17, 15) is 4.79 Å². The number of hydrogen-bond acceptors (Lipinski definition) is 5. The zero-order valence-corrected chi connectivity index (χ0v) is 11.3. The van der Waals surface area contributed by atoms with E-state index in [0.717, 1.165) is 24.2 Å². The molecule has 0 saturated heterocycles. The number of amides is 1. The summed E-state index contributed by atoms with van der Waals surface area (Å²) in [6.07, 6.45) is 5.87. The van der Waals surface area contributed by atoms with E-state index in [0.29, 0.717) is 6.42 Å². The Kier molecular flexibility index (Phi) is 4.21. The van der Waals surface area contributed by atoms with Crippen LogP contribution >= 0.6 is 0 Å². The minimum Gasteiger partial charge on any atom is -0.324 e. The number of nitrogens with one attached hydrogen (secondary N) is 1. The summed E-state index contributed by atoms with van der Waals surface area (Å²) >= 11 is 0. The minimum atomic E-state index is -0.200. The van der Waals surface area contributed by atoms with Crippen molar-refractivity contribution in [1.82, 2.24) is 15.2 Å². The molecule has 19 heavy (non-hydrogen) atoms. The van der Waals surface area contributed by atoms with Gasteiger partial charge in [-0.25, -0.2) is 4.98 Å². The zero-order chi connectivity index (χ0) is 13.8. The standard InChI is InChI=1S/C13H19N5O/c1-3-10-11(4-2)17-18-13(15-10)16-12(19)8-5-6-9(14)7-8/h5-6,8-9H,3-4,7,14H2,1-2H3,(H,15,16,18,19). The Morgan fingerprint density at radius 1 is 1.32 bits per heavy atom. The largest absolute Gasteiger partial charge is 0.324 e. The molecule has 1 aliphatic rings. The van der Waals surface area contributed by atoms with Crippen LogP contribution < -0.4 is 11.1 Å². The van der Waals surface area contributed by atoms with E-state index in [1.807, 2.05) is 26.0 Å². The molecule has 1 heterocycles. The lowest BCUT2D eigenvalue weighted by Crippen LogP contribution is -2.25. The second-order valence-electron chi connectivity index (χ2n) is 4.62. The highest BCUT2D eigenvalue weighted by molar-refractivity contribution is 5.92. The first kappa shape index (κ1) is 13.6. The molecular weight excluding hydrogens is 242 g/mol. The molecule has 0 aliphatic heterocycles. The summed E-state index contributed by atoms with van der Waals surface area (Å²) in [5, 5.41) is 10.7. The van der Waals surface area contributed by atoms with Gasteiger partial charge in [-0.1, -0.05) is 26.0 Å². The van der Waals surface area contributed by atoms with Crippen LogP contribution in [0.1, 0.15) is 31.7 Å². The predicted octanol–water partition coefficient (Wildman–Crippen LogP) is 0.838. The molecule has 2 rings (SSSR count). The quantitative estimate of drug-likeness (QED) is 0.783. The van der Waals surface area contributed by atoms with Gasteiger partial charge in [0.05, 0.1) is 17.3 Å². The van der Waals surface area contributed by atoms with Crippen LogP contribution in [0.3, 0.4) is 0 Å². The van der Waals surface area contributed by atoms with Gasteiger partial charge in [0.15, 0.2) is 0 Å². The van der Waals surface area contributed by atoms with Gasteiger partial charge in [0.25, 0.3) is 0 Å². The first-order valence-electron chi connectivity index (χ1n) is 6.61. The van der Waals surface area contributed by atoms with Crippen LogP contribution in [0, 0.1) is 5.92 Å². The SMILES string of the molecule is CCc1nnc(NC(=O)C2C=CC(N)C2)nc1CC. The molecule has 1 aromatic heterocycles. The first-order chi connectivity index (χ1) is 9.13. The van der Waals surface area contributed by atoms with Gasteiger partial charge in [-0.05, 0) is 19.3 Å². The van der Waals surface area contributed by atoms with E-state index in [4.69, 9.17) is 5.73 Å². The van der Waals surface area contributed by atoms with Gasteiger partial charge in [0.1, 0.15) is 0 Å². The summed E-state index contributed by atoms with van der Waals surface area (Å²) in [5.74, 6) is -0.0558. The molecule has 0 fully saturated rings. The topological polar surface area (TPSA) is 93.8 Å². The van der Waals surface area contributed by atoms with Gasteiger partial charge in [-0.3, -0.25) is 10.1 Å². The third-order valence-corrected chi connectivity index (χ3v) is 3.20. The summed E-state index contributed by atoms with van der Waals surface area (Å²) in [6.45, 7) is 4.02. The van der Waals surface area contributed by atoms with E-state index in [1.54, 1.807) is 0 Å². The van der Waals surface area contributed by atoms with Gasteiger partial charge < -0.3 is 5.73 Å². The van der Waals surface area contributed by atoms with Crippen LogP contribution in [0.25, 0.3) is 0 Å². The van der Waals surface area contributed by atoms with Gasteiger partial charge in [-0.2, -0.15) is 0 Å². The normalized spacial score (nSPS) is 21.6. The Morgan fingerprint density at radius 3 is 2.63 bits per heavy atom. The summed E-state index contributed by atoms with van der Waals surface area (Å²) < 4.78 is 0. The summed E-state index contributed by atoms with van der Waals surface area (Å²) in [7, 11) is 0. The van der Waals surface area contributed by atoms with Crippen LogP contribution in [0.2, 0.25) is 0 Å². The number of carbonyl (C=O) groups is 1. The van der Waals surface area contributed by atoms with Crippen molar-refractivity contribution in [1.29, 1.82) is 0 Å². The van der Waals surface area contributed by atoms with E-state index >= 15 is 0 Å². The third-order valence-electron chi connectivity index (χ3n) is 3.20. The van der Waals surface area contributed by atoms with Crippen molar-refractivity contribution in [2.45, 2.75) is 39.2 Å². The van der Waals surface area contributed by atoms with E-state index in [-0.39, 0.29) is 23.8 Å². The number of nitrogens with two attached hydrogens (primary N) is 1. The number of hydrogen-bond donors (Lipinski definition) is 2. The van der Waals surface area contributed by atoms with Crippen molar-refractivity contribution in [3.05, 3.63) is 23.5 Å². The predicted molar refractivity (Wildman–Crippen MR) is 72.4 cm³/mol. The van der Waals surface area contributed by atoms with Crippen LogP contribution in [0.5, 0.6) is 0 Å². The summed E-state index contributed by atoms with van der Waals surface area (Å²) in [4.78, 5) is 16.3. The molecule has 0 saturated carbocycles. The van der Waals surface area contributed by atoms with E-state index in [1.165, 1.54) is 0 Å². The number of anilines is 1. The van der Waals surface area contributed by atoms with Gasteiger partial charge >= 0.3 is 0 Å². The lowest BCUT2D eigenvalue weighted by atomic mass is 10.1. The Labute approximate surface area is 112 Å². The average Bonchev–Trinajstić information content (AvgIpc) is 2.85. The minimum absolute atomic E-state index is 0.0385. The number of rotatable bonds is 4. The smallest absolute Gasteiger partial charge is 0.249 e. The molecular formula is C13H19N5O. The van der Waals surface area contributed by atoms with Crippen molar-refractivity contribution in [2.75, 3.05) is 5.32 Å². The maximum absolute atomic E-state index is 12.0. The highest BCUT2D eigenvalue weighted by atomic mass is 16.2. The highest BCUT2D eigenvalue weighted by Crippen LogP contribution is 2.18. The Bertz CT molecular complexity index is 500. The maximum atomic E-state index is 12.0. The van der Waals surface area contributed by atoms with Gasteiger partial charge in [0.2, 0.25) is 11.9 Å². The second kappa shape index (κ2) is 5.88. The molecule has 6 nitrogen and oxygen atoms in total. The summed E-state index contributed by atoms with van der Waals surface area (Å²) in [5.41, 5.74) is 7.49. The molecule has 0 spiro atoms. The lowest BCUT2D eigenvalue weighted by molar-refractivity contribution is -0.118. The molecule has 1 aromatic rings. The molecule has 2 atom stereocenters. The maximum Gasteiger partial charge on any atom is 0.249 e. The fourth-order valence-corrected chi connectivity index (χ4v) is 2.12. The second-order valence-corrected chi connectivity index (χ2v) is 4.62. The van der Waals surface area contributed by atoms with Crippen molar-refractivity contribution in [3.8, 4) is 0 Å². The van der Waals surface area contributed by atoms with Crippen molar-refractivity contribution < 1.29 is 4.79 Å². The van der Waals surface area contributed by atoms with Crippen molar-refractivity contribution in [2.24, 2.45) is 11.7 Å². The number of aryl methyl sites for hydroxylation is 2. The number of carbonyl (C=O) groups excluding carboxylic acids is 1. The van der Waals surface area contributed by atoms with Gasteiger partial charge in [0, 0.05) is 6.04 Å².